The number of anilines is 1. The van der Waals surface area contributed by atoms with Crippen LogP contribution in [0.3, 0.4) is 0 Å². The zero-order valence-corrected chi connectivity index (χ0v) is 24.8. The summed E-state index contributed by atoms with van der Waals surface area (Å²) in [5.41, 5.74) is 0.0479. The fraction of sp³-hybridized carbons (Fsp3) is 0.467. The maximum absolute atomic E-state index is 13.9. The van der Waals surface area contributed by atoms with Crippen molar-refractivity contribution in [2.24, 2.45) is 11.8 Å². The number of sulfonamides is 1. The van der Waals surface area contributed by atoms with Crippen molar-refractivity contribution in [2.45, 2.75) is 70.2 Å². The third kappa shape index (κ3) is 7.63. The van der Waals surface area contributed by atoms with E-state index >= 15 is 0 Å². The van der Waals surface area contributed by atoms with Crippen LogP contribution in [-0.2, 0) is 14.8 Å². The van der Waals surface area contributed by atoms with Gasteiger partial charge in [0.1, 0.15) is 4.90 Å². The van der Waals surface area contributed by atoms with Gasteiger partial charge in [-0.2, -0.15) is 0 Å². The molecule has 2 N–H and O–H groups in total. The van der Waals surface area contributed by atoms with Gasteiger partial charge in [0, 0.05) is 18.0 Å². The number of para-hydroxylation sites is 1. The van der Waals surface area contributed by atoms with Gasteiger partial charge in [-0.1, -0.05) is 69.6 Å². The van der Waals surface area contributed by atoms with E-state index in [1.54, 1.807) is 30.3 Å². The van der Waals surface area contributed by atoms with E-state index in [-0.39, 0.29) is 40.4 Å². The average molecular weight is 574 g/mol. The van der Waals surface area contributed by atoms with Crippen molar-refractivity contribution in [3.63, 3.8) is 0 Å². The van der Waals surface area contributed by atoms with E-state index in [2.05, 4.69) is 24.5 Å². The molecular formula is C30H40ClN3O4S. The molecule has 2 bridgehead atoms. The Kier molecular flexibility index (Phi) is 10.6. The molecule has 39 heavy (non-hydrogen) atoms. The summed E-state index contributed by atoms with van der Waals surface area (Å²) in [6.07, 6.45) is 7.02. The first-order valence-electron chi connectivity index (χ1n) is 13.7. The molecule has 2 aromatic carbocycles. The third-order valence-electron chi connectivity index (χ3n) is 7.38. The van der Waals surface area contributed by atoms with Crippen LogP contribution in [0.5, 0.6) is 0 Å². The highest BCUT2D eigenvalue weighted by Gasteiger charge is 2.33. The monoisotopic (exact) mass is 573 g/mol. The Balaban J connectivity index is 2.08. The fourth-order valence-electron chi connectivity index (χ4n) is 4.84. The quantitative estimate of drug-likeness (QED) is 0.432. The van der Waals surface area contributed by atoms with Gasteiger partial charge in [0.05, 0.1) is 22.8 Å². The lowest BCUT2D eigenvalue weighted by Gasteiger charge is -2.35. The molecule has 0 spiro atoms. The highest BCUT2D eigenvalue weighted by molar-refractivity contribution is 7.93. The predicted octanol–water partition coefficient (Wildman–Crippen LogP) is 5.95. The fourth-order valence-corrected chi connectivity index (χ4v) is 6.76. The lowest BCUT2D eigenvalue weighted by Crippen LogP contribution is -2.56. The van der Waals surface area contributed by atoms with E-state index in [1.807, 2.05) is 26.0 Å². The van der Waals surface area contributed by atoms with Gasteiger partial charge in [0.15, 0.2) is 0 Å². The summed E-state index contributed by atoms with van der Waals surface area (Å²) in [6, 6.07) is 13.1. The molecule has 9 heteroatoms. The zero-order valence-electron chi connectivity index (χ0n) is 23.2. The maximum atomic E-state index is 13.9. The second-order valence-electron chi connectivity index (χ2n) is 10.6. The highest BCUT2D eigenvalue weighted by atomic mass is 35.5. The molecular weight excluding hydrogens is 534 g/mol. The van der Waals surface area contributed by atoms with Crippen molar-refractivity contribution in [3.8, 4) is 0 Å². The minimum atomic E-state index is -4.11. The molecule has 2 amide bonds. The van der Waals surface area contributed by atoms with Gasteiger partial charge in [-0.25, -0.2) is 8.42 Å². The first-order chi connectivity index (χ1) is 18.5. The van der Waals surface area contributed by atoms with Crippen LogP contribution in [0.4, 0.5) is 5.69 Å². The topological polar surface area (TPSA) is 95.6 Å². The number of fused-ring (bicyclic) bond motifs is 2. The molecule has 1 heterocycles. The summed E-state index contributed by atoms with van der Waals surface area (Å²) in [7, 11) is -4.11. The van der Waals surface area contributed by atoms with E-state index in [4.69, 9.17) is 11.6 Å². The largest absolute Gasteiger partial charge is 0.350 e. The summed E-state index contributed by atoms with van der Waals surface area (Å²) in [4.78, 5) is 26.6. The molecule has 3 rings (SSSR count). The first kappa shape index (κ1) is 30.7. The lowest BCUT2D eigenvalue weighted by molar-refractivity contribution is -0.127. The van der Waals surface area contributed by atoms with E-state index in [0.29, 0.717) is 37.3 Å². The number of hydrogen-bond acceptors (Lipinski definition) is 4. The van der Waals surface area contributed by atoms with Crippen LogP contribution in [0, 0.1) is 11.8 Å². The predicted molar refractivity (Wildman–Crippen MR) is 158 cm³/mol. The Morgan fingerprint density at radius 2 is 1.74 bits per heavy atom. The number of nitrogens with zero attached hydrogens (tertiary/aromatic N) is 1. The molecule has 212 valence electrons. The molecule has 1 aliphatic heterocycles. The molecule has 1 atom stereocenters. The molecule has 0 saturated heterocycles. The summed E-state index contributed by atoms with van der Waals surface area (Å²) in [5.74, 6) is -0.299. The molecule has 0 aliphatic carbocycles. The Morgan fingerprint density at radius 3 is 2.38 bits per heavy atom. The van der Waals surface area contributed by atoms with Crippen molar-refractivity contribution in [1.29, 1.82) is 0 Å². The number of halogens is 1. The van der Waals surface area contributed by atoms with Crippen molar-refractivity contribution < 1.29 is 18.0 Å². The number of hydrogen-bond donors (Lipinski definition) is 2. The van der Waals surface area contributed by atoms with Gasteiger partial charge >= 0.3 is 0 Å². The molecule has 0 radical (unpaired) electrons. The maximum Gasteiger partial charge on any atom is 0.266 e. The van der Waals surface area contributed by atoms with Gasteiger partial charge in [-0.15, -0.1) is 0 Å². The van der Waals surface area contributed by atoms with Gasteiger partial charge < -0.3 is 10.6 Å². The van der Waals surface area contributed by atoms with Gasteiger partial charge in [-0.3, -0.25) is 13.9 Å². The molecule has 1 unspecified atom stereocenters. The molecule has 1 aliphatic rings. The molecule has 0 aromatic heterocycles. The standard InChI is InChI=1S/C30H40ClN3O4S/c1-5-30(6-2)21-32-28(35)24-16-17-26(31)27(20-24)39(37,38)34(25-14-10-7-11-15-25)18-12-8-9-13-23(19-22(3)4)29(36)33-30/h7-8,10-12,14-17,20,22-23H,5-6,9,13,18-19,21H2,1-4H3,(H,32,35)(H,33,36)/b12-8-. The highest BCUT2D eigenvalue weighted by Crippen LogP contribution is 2.30. The second-order valence-corrected chi connectivity index (χ2v) is 12.8. The van der Waals surface area contributed by atoms with Crippen LogP contribution in [0.1, 0.15) is 70.2 Å². The smallest absolute Gasteiger partial charge is 0.266 e. The van der Waals surface area contributed by atoms with E-state index in [0.717, 1.165) is 6.42 Å². The number of carbonyl (C=O) groups excluding carboxylic acids is 2. The second kappa shape index (κ2) is 13.5. The minimum Gasteiger partial charge on any atom is -0.350 e. The van der Waals surface area contributed by atoms with E-state index in [9.17, 15) is 18.0 Å². The number of nitrogens with one attached hydrogen (secondary N) is 2. The van der Waals surface area contributed by atoms with Crippen molar-refractivity contribution in [1.82, 2.24) is 10.6 Å². The van der Waals surface area contributed by atoms with Crippen LogP contribution in [0.15, 0.2) is 65.6 Å². The average Bonchev–Trinajstić information content (AvgIpc) is 2.91. The minimum absolute atomic E-state index is 0.0124. The van der Waals surface area contributed by atoms with Gasteiger partial charge in [0.25, 0.3) is 15.9 Å². The van der Waals surface area contributed by atoms with Crippen molar-refractivity contribution in [3.05, 3.63) is 71.3 Å². The Hall–Kier alpha value is -2.84. The SMILES string of the molecule is CCC1(CC)CNC(=O)c2ccc(Cl)c(c2)S(=O)(=O)N(c2ccccc2)C/C=C\CCC(CC(C)C)C(=O)N1. The molecule has 0 fully saturated rings. The zero-order chi connectivity index (χ0) is 28.6. The summed E-state index contributed by atoms with van der Waals surface area (Å²) in [6.45, 7) is 8.48. The summed E-state index contributed by atoms with van der Waals surface area (Å²) in [5, 5.41) is 6.22. The van der Waals surface area contributed by atoms with Crippen molar-refractivity contribution >= 4 is 39.1 Å². The summed E-state index contributed by atoms with van der Waals surface area (Å²) < 4.78 is 29.1. The molecule has 2 aromatic rings. The summed E-state index contributed by atoms with van der Waals surface area (Å²) >= 11 is 6.40. The van der Waals surface area contributed by atoms with Gasteiger partial charge in [-0.05, 0) is 68.4 Å². The van der Waals surface area contributed by atoms with Crippen LogP contribution in [-0.4, -0.2) is 38.9 Å². The molecule has 0 saturated carbocycles. The number of amides is 2. The normalized spacial score (nSPS) is 21.1. The Bertz CT molecular complexity index is 1270. The van der Waals surface area contributed by atoms with Crippen molar-refractivity contribution in [2.75, 3.05) is 17.4 Å². The van der Waals surface area contributed by atoms with Gasteiger partial charge in [0.2, 0.25) is 5.91 Å². The number of allylic oxidation sites excluding steroid dienone is 1. The molecule has 7 nitrogen and oxygen atoms in total. The van der Waals surface area contributed by atoms with Crippen LogP contribution in [0.2, 0.25) is 5.02 Å². The Labute approximate surface area is 238 Å². The number of rotatable bonds is 5. The van der Waals surface area contributed by atoms with Crippen LogP contribution >= 0.6 is 11.6 Å². The number of benzene rings is 2. The van der Waals surface area contributed by atoms with E-state index < -0.39 is 21.5 Å². The first-order valence-corrected chi connectivity index (χ1v) is 15.5. The van der Waals surface area contributed by atoms with Crippen LogP contribution in [0.25, 0.3) is 0 Å². The third-order valence-corrected chi connectivity index (χ3v) is 9.66. The Morgan fingerprint density at radius 1 is 1.05 bits per heavy atom. The van der Waals surface area contributed by atoms with Crippen LogP contribution < -0.4 is 14.9 Å². The van der Waals surface area contributed by atoms with E-state index in [1.165, 1.54) is 22.5 Å². The lowest BCUT2D eigenvalue weighted by atomic mass is 9.88. The number of carbonyl (C=O) groups is 2.